The molecular weight excluding hydrogens is 715 g/mol. The Bertz CT molecular complexity index is 3340. The third-order valence-electron chi connectivity index (χ3n) is 12.1. The third kappa shape index (κ3) is 5.31. The van der Waals surface area contributed by atoms with Gasteiger partial charge in [0.15, 0.2) is 12.3 Å². The van der Waals surface area contributed by atoms with Crippen LogP contribution in [0.5, 0.6) is 0 Å². The number of para-hydroxylation sites is 2. The second-order valence-corrected chi connectivity index (χ2v) is 15.5. The molecule has 11 aromatic rings. The summed E-state index contributed by atoms with van der Waals surface area (Å²) in [5.74, 6) is 0. The topological polar surface area (TPSA) is 85.1 Å². The number of fused-ring (bicyclic) bond motifs is 9. The minimum atomic E-state index is -0.330. The molecule has 8 aromatic carbocycles. The van der Waals surface area contributed by atoms with Crippen LogP contribution in [0.25, 0.3) is 88.1 Å². The summed E-state index contributed by atoms with van der Waals surface area (Å²) in [5.41, 5.74) is 20.3. The van der Waals surface area contributed by atoms with Crippen LogP contribution in [0.15, 0.2) is 189 Å². The number of furan rings is 3. The van der Waals surface area contributed by atoms with Crippen molar-refractivity contribution in [3.05, 3.63) is 193 Å². The van der Waals surface area contributed by atoms with Gasteiger partial charge in [0.1, 0.15) is 33.5 Å². The van der Waals surface area contributed by atoms with E-state index in [1.54, 1.807) is 0 Å². The molecule has 12 rings (SSSR count). The largest absolute Gasteiger partial charge is 0.456 e. The van der Waals surface area contributed by atoms with E-state index in [9.17, 15) is 0 Å². The standard InChI is InChI=1S/C52H37N3O3/c53-51(54-52(32-14-5-2-6-15-32)55-30-42(55)31-12-3-1-4-13-31)39-20-11-23-47-49(39)41-29-34(25-27-45(41)57-47)33-24-26-44-40(28-33)37-19-9-18-36(50(37)58-44)35-17-10-22-46-48(35)38-16-7-8-21-43(38)56-46/h1-29,42,51-52,54H,30,53H2/p+1. The Morgan fingerprint density at radius 2 is 1.10 bits per heavy atom. The Morgan fingerprint density at radius 1 is 0.500 bits per heavy atom. The maximum Gasteiger partial charge on any atom is 0.170 e. The van der Waals surface area contributed by atoms with Crippen molar-refractivity contribution < 1.29 is 18.6 Å². The highest BCUT2D eigenvalue weighted by molar-refractivity contribution is 6.17. The van der Waals surface area contributed by atoms with Gasteiger partial charge in [0.05, 0.1) is 6.04 Å². The van der Waals surface area contributed by atoms with Crippen LogP contribution in [0.1, 0.15) is 35.1 Å². The highest BCUT2D eigenvalue weighted by Crippen LogP contribution is 2.44. The van der Waals surface area contributed by atoms with Crippen LogP contribution in [0.4, 0.5) is 0 Å². The molecule has 3 aromatic heterocycles. The molecule has 1 saturated heterocycles. The van der Waals surface area contributed by atoms with E-state index < -0.39 is 0 Å². The Labute approximate surface area is 333 Å². The fourth-order valence-corrected chi connectivity index (χ4v) is 9.30. The zero-order valence-electron chi connectivity index (χ0n) is 31.5. The Hall–Kier alpha value is -6.96. The number of quaternary nitrogens is 1. The molecule has 1 aliphatic rings. The van der Waals surface area contributed by atoms with Crippen molar-refractivity contribution in [2.24, 2.45) is 5.73 Å². The number of rotatable bonds is 8. The molecule has 0 radical (unpaired) electrons. The lowest BCUT2D eigenvalue weighted by Crippen LogP contribution is -2.90. The van der Waals surface area contributed by atoms with E-state index in [-0.39, 0.29) is 12.3 Å². The first-order valence-electron chi connectivity index (χ1n) is 19.9. The van der Waals surface area contributed by atoms with Crippen LogP contribution in [0, 0.1) is 0 Å². The van der Waals surface area contributed by atoms with Gasteiger partial charge in [-0.25, -0.2) is 4.90 Å². The van der Waals surface area contributed by atoms with Crippen molar-refractivity contribution in [2.45, 2.75) is 18.4 Å². The molecule has 4 atom stereocenters. The molecule has 1 fully saturated rings. The number of hydrogen-bond donors (Lipinski definition) is 2. The molecule has 4 heterocycles. The van der Waals surface area contributed by atoms with Crippen LogP contribution in [-0.4, -0.2) is 11.4 Å². The highest BCUT2D eigenvalue weighted by Gasteiger charge is 2.44. The maximum atomic E-state index is 7.22. The average molecular weight is 753 g/mol. The van der Waals surface area contributed by atoms with Gasteiger partial charge in [0.25, 0.3) is 0 Å². The molecule has 6 heteroatoms. The van der Waals surface area contributed by atoms with Crippen LogP contribution in [0.3, 0.4) is 0 Å². The van der Waals surface area contributed by atoms with E-state index in [1.165, 1.54) is 11.1 Å². The highest BCUT2D eigenvalue weighted by atomic mass is 16.3. The van der Waals surface area contributed by atoms with Gasteiger partial charge in [-0.3, -0.25) is 5.73 Å². The minimum absolute atomic E-state index is 0.0642. The lowest BCUT2D eigenvalue weighted by atomic mass is 9.96. The van der Waals surface area contributed by atoms with Crippen LogP contribution >= 0.6 is 0 Å². The first kappa shape index (κ1) is 33.2. The van der Waals surface area contributed by atoms with Crippen LogP contribution < -0.4 is 11.1 Å². The fraction of sp³-hybridized carbons (Fsp3) is 0.0769. The van der Waals surface area contributed by atoms with Crippen molar-refractivity contribution in [1.82, 2.24) is 4.90 Å². The van der Waals surface area contributed by atoms with Gasteiger partial charge in [-0.15, -0.1) is 0 Å². The lowest BCUT2D eigenvalue weighted by Gasteiger charge is -2.23. The molecule has 6 nitrogen and oxygen atoms in total. The molecular formula is C52H38N3O3+. The summed E-state index contributed by atoms with van der Waals surface area (Å²) < 4.78 is 19.4. The summed E-state index contributed by atoms with van der Waals surface area (Å²) in [5, 5.41) is 8.76. The quantitative estimate of drug-likeness (QED) is 0.119. The van der Waals surface area contributed by atoms with E-state index >= 15 is 0 Å². The van der Waals surface area contributed by atoms with E-state index in [1.807, 2.05) is 24.3 Å². The number of nitrogens with two attached hydrogens (primary N) is 2. The van der Waals surface area contributed by atoms with E-state index in [0.29, 0.717) is 6.04 Å². The summed E-state index contributed by atoms with van der Waals surface area (Å²) in [6.45, 7) is 0.990. The number of benzene rings is 8. The molecule has 1 aliphatic heterocycles. The molecule has 0 bridgehead atoms. The molecule has 278 valence electrons. The normalized spacial score (nSPS) is 16.6. The smallest absolute Gasteiger partial charge is 0.170 e. The number of hydrogen-bond acceptors (Lipinski definition) is 5. The maximum absolute atomic E-state index is 7.22. The molecule has 58 heavy (non-hydrogen) atoms. The van der Waals surface area contributed by atoms with Crippen molar-refractivity contribution in [3.63, 3.8) is 0 Å². The molecule has 0 aliphatic carbocycles. The summed E-state index contributed by atoms with van der Waals surface area (Å²) in [6, 6.07) is 61.9. The SMILES string of the molecule is NC([NH2+]C(c1ccccc1)N1CC1c1ccccc1)c1cccc2oc3ccc(-c4ccc5oc6c(-c7cccc8oc9ccccc9c78)cccc6c5c4)cc3c12. The van der Waals surface area contributed by atoms with Gasteiger partial charge >= 0.3 is 0 Å². The molecule has 4 N–H and O–H groups in total. The van der Waals surface area contributed by atoms with Crippen molar-refractivity contribution in [1.29, 1.82) is 0 Å². The predicted molar refractivity (Wildman–Crippen MR) is 233 cm³/mol. The summed E-state index contributed by atoms with van der Waals surface area (Å²) in [6.07, 6.45) is -0.265. The molecule has 0 spiro atoms. The van der Waals surface area contributed by atoms with Crippen LogP contribution in [-0.2, 0) is 0 Å². The van der Waals surface area contributed by atoms with Gasteiger partial charge < -0.3 is 18.6 Å². The Balaban J connectivity index is 0.926. The second kappa shape index (κ2) is 13.0. The summed E-state index contributed by atoms with van der Waals surface area (Å²) in [7, 11) is 0. The first-order chi connectivity index (χ1) is 28.7. The Morgan fingerprint density at radius 3 is 1.91 bits per heavy atom. The van der Waals surface area contributed by atoms with Gasteiger partial charge in [-0.1, -0.05) is 133 Å². The van der Waals surface area contributed by atoms with E-state index in [2.05, 4.69) is 162 Å². The second-order valence-electron chi connectivity index (χ2n) is 15.5. The summed E-state index contributed by atoms with van der Waals surface area (Å²) in [4.78, 5) is 2.52. The first-order valence-corrected chi connectivity index (χ1v) is 19.9. The average Bonchev–Trinajstić information content (AvgIpc) is 3.63. The predicted octanol–water partition coefficient (Wildman–Crippen LogP) is 12.0. The van der Waals surface area contributed by atoms with Crippen molar-refractivity contribution in [2.75, 3.05) is 6.54 Å². The van der Waals surface area contributed by atoms with Gasteiger partial charge in [0.2, 0.25) is 0 Å². The van der Waals surface area contributed by atoms with E-state index in [4.69, 9.17) is 19.0 Å². The van der Waals surface area contributed by atoms with Gasteiger partial charge in [0, 0.05) is 55.6 Å². The van der Waals surface area contributed by atoms with Crippen LogP contribution in [0.2, 0.25) is 0 Å². The van der Waals surface area contributed by atoms with Crippen molar-refractivity contribution >= 4 is 65.8 Å². The van der Waals surface area contributed by atoms with E-state index in [0.717, 1.165) is 100 Å². The van der Waals surface area contributed by atoms with Crippen molar-refractivity contribution in [3.8, 4) is 22.3 Å². The molecule has 4 unspecified atom stereocenters. The summed E-state index contributed by atoms with van der Waals surface area (Å²) >= 11 is 0. The zero-order valence-corrected chi connectivity index (χ0v) is 31.5. The minimum Gasteiger partial charge on any atom is -0.456 e. The molecule has 0 amide bonds. The van der Waals surface area contributed by atoms with Gasteiger partial charge in [-0.05, 0) is 64.7 Å². The lowest BCUT2D eigenvalue weighted by molar-refractivity contribution is -0.748. The third-order valence-corrected chi connectivity index (χ3v) is 12.1. The zero-order chi connectivity index (χ0) is 38.3. The molecule has 0 saturated carbocycles. The fourth-order valence-electron chi connectivity index (χ4n) is 9.30. The Kier molecular flexibility index (Phi) is 7.47. The monoisotopic (exact) mass is 752 g/mol. The van der Waals surface area contributed by atoms with Gasteiger partial charge in [-0.2, -0.15) is 0 Å². The number of nitrogens with zero attached hydrogens (tertiary/aromatic N) is 1.